The molecule has 0 aliphatic carbocycles. The van der Waals surface area contributed by atoms with Crippen molar-refractivity contribution in [3.8, 4) is 6.07 Å². The van der Waals surface area contributed by atoms with E-state index in [4.69, 9.17) is 5.26 Å². The second kappa shape index (κ2) is 6.05. The summed E-state index contributed by atoms with van der Waals surface area (Å²) in [4.78, 5) is 24.6. The fourth-order valence-corrected chi connectivity index (χ4v) is 1.31. The van der Waals surface area contributed by atoms with Crippen molar-refractivity contribution in [2.45, 2.75) is 0 Å². The number of likely N-dealkylation sites (N-methyl/N-ethyl adjacent to an activating group) is 1. The van der Waals surface area contributed by atoms with Gasteiger partial charge in [0, 0.05) is 26.2 Å². The van der Waals surface area contributed by atoms with Crippen LogP contribution in [0.25, 0.3) is 0 Å². The summed E-state index contributed by atoms with van der Waals surface area (Å²) in [6.07, 6.45) is 0. The molecule has 1 fully saturated rings. The highest BCUT2D eigenvalue weighted by Gasteiger charge is 2.19. The van der Waals surface area contributed by atoms with Crippen LogP contribution in [-0.2, 0) is 9.59 Å². The molecule has 0 aromatic heterocycles. The highest BCUT2D eigenvalue weighted by Crippen LogP contribution is 1.94. The Balaban J connectivity index is 2.29. The van der Waals surface area contributed by atoms with Crippen LogP contribution in [0, 0.1) is 11.3 Å². The Bertz CT molecular complexity index is 304. The molecule has 16 heavy (non-hydrogen) atoms. The average Bonchev–Trinajstić information content (AvgIpc) is 2.29. The minimum atomic E-state index is -0.777. The number of nitrogens with zero attached hydrogens (tertiary/aromatic N) is 3. The zero-order valence-electron chi connectivity index (χ0n) is 9.19. The monoisotopic (exact) mass is 225 g/mol. The van der Waals surface area contributed by atoms with Gasteiger partial charge in [-0.3, -0.25) is 15.0 Å². The van der Waals surface area contributed by atoms with Crippen molar-refractivity contribution in [1.82, 2.24) is 20.7 Å². The van der Waals surface area contributed by atoms with E-state index < -0.39 is 11.8 Å². The normalized spacial score (nSPS) is 17.5. The first kappa shape index (κ1) is 12.4. The quantitative estimate of drug-likeness (QED) is 0.415. The third-order valence-corrected chi connectivity index (χ3v) is 2.30. The molecule has 0 radical (unpaired) electrons. The second-order valence-corrected chi connectivity index (χ2v) is 3.57. The molecule has 1 heterocycles. The summed E-state index contributed by atoms with van der Waals surface area (Å²) in [5, 5.41) is 12.1. The lowest BCUT2D eigenvalue weighted by Gasteiger charge is -2.31. The third kappa shape index (κ3) is 3.84. The van der Waals surface area contributed by atoms with E-state index in [0.29, 0.717) is 13.1 Å². The van der Waals surface area contributed by atoms with Gasteiger partial charge in [-0.05, 0) is 7.05 Å². The van der Waals surface area contributed by atoms with Crippen molar-refractivity contribution in [2.24, 2.45) is 0 Å². The average molecular weight is 225 g/mol. The summed E-state index contributed by atoms with van der Waals surface area (Å²) < 4.78 is 0. The Labute approximate surface area is 94.0 Å². The molecule has 0 aromatic rings. The predicted molar refractivity (Wildman–Crippen MR) is 55.8 cm³/mol. The summed E-state index contributed by atoms with van der Waals surface area (Å²) in [6.45, 7) is 2.91. The third-order valence-electron chi connectivity index (χ3n) is 2.30. The number of piperazine rings is 1. The van der Waals surface area contributed by atoms with Crippen LogP contribution in [0.1, 0.15) is 0 Å². The molecule has 0 unspecified atom stereocenters. The van der Waals surface area contributed by atoms with E-state index in [1.807, 2.05) is 7.05 Å². The lowest BCUT2D eigenvalue weighted by atomic mass is 10.4. The van der Waals surface area contributed by atoms with Crippen LogP contribution >= 0.6 is 0 Å². The van der Waals surface area contributed by atoms with Crippen LogP contribution in [0.5, 0.6) is 0 Å². The SMILES string of the molecule is CN1CCN(NC(=O)C(=O)NCC#N)CC1. The second-order valence-electron chi connectivity index (χ2n) is 3.57. The number of hydrogen-bond acceptors (Lipinski definition) is 5. The molecule has 1 aliphatic rings. The lowest BCUT2D eigenvalue weighted by Crippen LogP contribution is -2.55. The van der Waals surface area contributed by atoms with Crippen LogP contribution in [0.2, 0.25) is 0 Å². The van der Waals surface area contributed by atoms with Gasteiger partial charge in [0.25, 0.3) is 0 Å². The predicted octanol–water partition coefficient (Wildman–Crippen LogP) is -2.10. The van der Waals surface area contributed by atoms with Gasteiger partial charge in [0.15, 0.2) is 0 Å². The van der Waals surface area contributed by atoms with E-state index in [-0.39, 0.29) is 6.54 Å². The maximum atomic E-state index is 11.3. The maximum Gasteiger partial charge on any atom is 0.323 e. The minimum absolute atomic E-state index is 0.158. The zero-order chi connectivity index (χ0) is 12.0. The van der Waals surface area contributed by atoms with Gasteiger partial charge in [0.2, 0.25) is 0 Å². The number of amides is 2. The highest BCUT2D eigenvalue weighted by molar-refractivity contribution is 6.34. The number of nitrogens with one attached hydrogen (secondary N) is 2. The highest BCUT2D eigenvalue weighted by atomic mass is 16.2. The van der Waals surface area contributed by atoms with Gasteiger partial charge in [0.1, 0.15) is 6.54 Å². The molecule has 1 rings (SSSR count). The van der Waals surface area contributed by atoms with E-state index in [1.54, 1.807) is 11.1 Å². The fraction of sp³-hybridized carbons (Fsp3) is 0.667. The molecule has 1 saturated heterocycles. The van der Waals surface area contributed by atoms with Crippen LogP contribution in [0.15, 0.2) is 0 Å². The molecule has 0 bridgehead atoms. The number of carbonyl (C=O) groups excluding carboxylic acids is 2. The summed E-state index contributed by atoms with van der Waals surface area (Å²) in [6, 6.07) is 1.73. The molecular weight excluding hydrogens is 210 g/mol. The van der Waals surface area contributed by atoms with E-state index >= 15 is 0 Å². The van der Waals surface area contributed by atoms with Gasteiger partial charge < -0.3 is 10.2 Å². The van der Waals surface area contributed by atoms with Crippen LogP contribution in [-0.4, -0.2) is 61.5 Å². The molecule has 7 nitrogen and oxygen atoms in total. The van der Waals surface area contributed by atoms with Crippen molar-refractivity contribution >= 4 is 11.8 Å². The maximum absolute atomic E-state index is 11.3. The smallest absolute Gasteiger partial charge is 0.323 e. The van der Waals surface area contributed by atoms with E-state index in [1.165, 1.54) is 0 Å². The van der Waals surface area contributed by atoms with Gasteiger partial charge >= 0.3 is 11.8 Å². The lowest BCUT2D eigenvalue weighted by molar-refractivity contribution is -0.142. The Morgan fingerprint density at radius 2 is 1.88 bits per heavy atom. The molecule has 2 amide bonds. The molecule has 0 spiro atoms. The van der Waals surface area contributed by atoms with Crippen LogP contribution < -0.4 is 10.7 Å². The van der Waals surface area contributed by atoms with Crippen molar-refractivity contribution in [2.75, 3.05) is 39.8 Å². The van der Waals surface area contributed by atoms with E-state index in [0.717, 1.165) is 13.1 Å². The minimum Gasteiger partial charge on any atom is -0.335 e. The summed E-state index contributed by atoms with van der Waals surface area (Å²) >= 11 is 0. The topological polar surface area (TPSA) is 88.5 Å². The van der Waals surface area contributed by atoms with E-state index in [2.05, 4.69) is 15.6 Å². The van der Waals surface area contributed by atoms with Gasteiger partial charge in [0.05, 0.1) is 6.07 Å². The molecule has 1 aliphatic heterocycles. The summed E-state index contributed by atoms with van der Waals surface area (Å²) in [7, 11) is 2.00. The number of hydrazine groups is 1. The standard InChI is InChI=1S/C9H15N5O2/c1-13-4-6-14(7-5-13)12-9(16)8(15)11-3-2-10/h3-7H2,1H3,(H,11,15)(H,12,16). The van der Waals surface area contributed by atoms with Crippen molar-refractivity contribution < 1.29 is 9.59 Å². The van der Waals surface area contributed by atoms with Crippen LogP contribution in [0.4, 0.5) is 0 Å². The first-order valence-corrected chi connectivity index (χ1v) is 5.02. The van der Waals surface area contributed by atoms with Crippen LogP contribution in [0.3, 0.4) is 0 Å². The van der Waals surface area contributed by atoms with Gasteiger partial charge in [-0.25, -0.2) is 5.01 Å². The molecule has 0 aromatic carbocycles. The number of hydrogen-bond donors (Lipinski definition) is 2. The Hall–Kier alpha value is -1.65. The number of rotatable bonds is 2. The Kier molecular flexibility index (Phi) is 4.69. The number of carbonyl (C=O) groups is 2. The van der Waals surface area contributed by atoms with E-state index in [9.17, 15) is 9.59 Å². The molecule has 7 heteroatoms. The van der Waals surface area contributed by atoms with Crippen molar-refractivity contribution in [3.63, 3.8) is 0 Å². The largest absolute Gasteiger partial charge is 0.335 e. The first-order chi connectivity index (χ1) is 7.63. The van der Waals surface area contributed by atoms with Gasteiger partial charge in [-0.15, -0.1) is 0 Å². The molecule has 2 N–H and O–H groups in total. The summed E-state index contributed by atoms with van der Waals surface area (Å²) in [5.74, 6) is -1.50. The van der Waals surface area contributed by atoms with Gasteiger partial charge in [-0.1, -0.05) is 0 Å². The molecule has 0 saturated carbocycles. The molecule has 0 atom stereocenters. The Morgan fingerprint density at radius 3 is 2.44 bits per heavy atom. The first-order valence-electron chi connectivity index (χ1n) is 5.02. The number of nitriles is 1. The zero-order valence-corrected chi connectivity index (χ0v) is 9.19. The fourth-order valence-electron chi connectivity index (χ4n) is 1.31. The molecular formula is C9H15N5O2. The van der Waals surface area contributed by atoms with Gasteiger partial charge in [-0.2, -0.15) is 5.26 Å². The molecule has 88 valence electrons. The van der Waals surface area contributed by atoms with Crippen molar-refractivity contribution in [3.05, 3.63) is 0 Å². The Morgan fingerprint density at radius 1 is 1.25 bits per heavy atom. The van der Waals surface area contributed by atoms with Crippen molar-refractivity contribution in [1.29, 1.82) is 5.26 Å². The summed E-state index contributed by atoms with van der Waals surface area (Å²) in [5.41, 5.74) is 2.49.